The van der Waals surface area contributed by atoms with Crippen molar-refractivity contribution in [2.45, 2.75) is 50.2 Å². The number of fused-ring (bicyclic) bond motifs is 1. The van der Waals surface area contributed by atoms with Crippen LogP contribution in [0.15, 0.2) is 30.3 Å². The Morgan fingerprint density at radius 2 is 1.62 bits per heavy atom. The number of aromatic nitrogens is 2. The molecule has 4 fully saturated rings. The standard InChI is InChI=1S/C31H36N8O6/c32-26(41)22-3-5-24(35-34-22)37-13-9-31(45,10-14-37)18-36-11-7-30(8-12-36)16-38(17-30)19-1-2-20-21(15-19)29(44)39(28(20)43)23-4-6-25(40)33-27(23)42/h1-3,5,15,23,45H,4,6-14,16-18H2,(H2,32,41)(H,33,40,42). The molecule has 4 saturated heterocycles. The summed E-state index contributed by atoms with van der Waals surface area (Å²) in [6, 6.07) is 7.61. The third-order valence-corrected chi connectivity index (χ3v) is 10.2. The number of hydrogen-bond donors (Lipinski definition) is 3. The molecule has 1 unspecified atom stereocenters. The highest BCUT2D eigenvalue weighted by atomic mass is 16.3. The first-order chi connectivity index (χ1) is 21.5. The summed E-state index contributed by atoms with van der Waals surface area (Å²) in [4.78, 5) is 69.1. The lowest BCUT2D eigenvalue weighted by Crippen LogP contribution is -2.61. The average Bonchev–Trinajstić information content (AvgIpc) is 3.25. The van der Waals surface area contributed by atoms with Crippen LogP contribution in [0, 0.1) is 5.41 Å². The van der Waals surface area contributed by atoms with Gasteiger partial charge >= 0.3 is 0 Å². The van der Waals surface area contributed by atoms with Gasteiger partial charge in [-0.2, -0.15) is 0 Å². The summed E-state index contributed by atoms with van der Waals surface area (Å²) in [6.07, 6.45) is 3.47. The number of anilines is 2. The van der Waals surface area contributed by atoms with Crippen molar-refractivity contribution in [2.75, 3.05) is 55.6 Å². The van der Waals surface area contributed by atoms with E-state index in [0.29, 0.717) is 43.9 Å². The Morgan fingerprint density at radius 1 is 0.911 bits per heavy atom. The lowest BCUT2D eigenvalue weighted by Gasteiger charge is -2.55. The zero-order chi connectivity index (χ0) is 31.5. The van der Waals surface area contributed by atoms with E-state index in [1.807, 2.05) is 6.07 Å². The van der Waals surface area contributed by atoms with Gasteiger partial charge in [-0.1, -0.05) is 0 Å². The second-order valence-corrected chi connectivity index (χ2v) is 13.2. The maximum Gasteiger partial charge on any atom is 0.269 e. The monoisotopic (exact) mass is 616 g/mol. The van der Waals surface area contributed by atoms with Gasteiger partial charge in [-0.05, 0) is 75.5 Å². The molecule has 1 aromatic heterocycles. The van der Waals surface area contributed by atoms with E-state index in [2.05, 4.69) is 30.2 Å². The quantitative estimate of drug-likeness (QED) is 0.369. The molecule has 0 aliphatic carbocycles. The topological polar surface area (TPSA) is 182 Å². The number of imide groups is 2. The van der Waals surface area contributed by atoms with Gasteiger partial charge in [0.05, 0.1) is 16.7 Å². The largest absolute Gasteiger partial charge is 0.388 e. The fourth-order valence-corrected chi connectivity index (χ4v) is 7.46. The molecule has 236 valence electrons. The summed E-state index contributed by atoms with van der Waals surface area (Å²) in [5.41, 5.74) is 6.24. The number of carbonyl (C=O) groups excluding carboxylic acids is 5. The van der Waals surface area contributed by atoms with Crippen LogP contribution in [0.25, 0.3) is 0 Å². The maximum absolute atomic E-state index is 13.2. The predicted octanol–water partition coefficient (Wildman–Crippen LogP) is -0.0896. The first-order valence-corrected chi connectivity index (χ1v) is 15.5. The van der Waals surface area contributed by atoms with Crippen LogP contribution in [0.2, 0.25) is 0 Å². The molecule has 2 aromatic rings. The van der Waals surface area contributed by atoms with Crippen molar-refractivity contribution < 1.29 is 29.1 Å². The number of benzene rings is 1. The second-order valence-electron chi connectivity index (χ2n) is 13.2. The van der Waals surface area contributed by atoms with Gasteiger partial charge in [0.25, 0.3) is 17.7 Å². The van der Waals surface area contributed by atoms with Gasteiger partial charge in [-0.15, -0.1) is 10.2 Å². The van der Waals surface area contributed by atoms with Crippen molar-refractivity contribution in [3.05, 3.63) is 47.2 Å². The van der Waals surface area contributed by atoms with Gasteiger partial charge in [0, 0.05) is 50.2 Å². The zero-order valence-corrected chi connectivity index (χ0v) is 24.9. The van der Waals surface area contributed by atoms with Crippen LogP contribution in [-0.4, -0.2) is 112 Å². The second kappa shape index (κ2) is 10.9. The first-order valence-electron chi connectivity index (χ1n) is 15.5. The van der Waals surface area contributed by atoms with E-state index in [1.165, 1.54) is 0 Å². The van der Waals surface area contributed by atoms with E-state index < -0.39 is 41.2 Å². The molecule has 1 spiro atoms. The molecule has 0 bridgehead atoms. The third-order valence-electron chi connectivity index (χ3n) is 10.2. The van der Waals surface area contributed by atoms with E-state index >= 15 is 0 Å². The number of nitrogens with one attached hydrogen (secondary N) is 1. The van der Waals surface area contributed by atoms with Crippen LogP contribution in [0.1, 0.15) is 69.7 Å². The molecule has 4 N–H and O–H groups in total. The summed E-state index contributed by atoms with van der Waals surface area (Å²) >= 11 is 0. The minimum Gasteiger partial charge on any atom is -0.388 e. The normalized spacial score (nSPS) is 24.5. The minimum atomic E-state index is -0.974. The minimum absolute atomic E-state index is 0.0889. The Hall–Kier alpha value is -4.43. The Labute approximate surface area is 259 Å². The van der Waals surface area contributed by atoms with Crippen molar-refractivity contribution >= 4 is 41.0 Å². The fourth-order valence-electron chi connectivity index (χ4n) is 7.46. The Kier molecular flexibility index (Phi) is 7.08. The number of likely N-dealkylation sites (tertiary alicyclic amines) is 1. The molecule has 5 amide bonds. The number of rotatable bonds is 6. The Morgan fingerprint density at radius 3 is 2.27 bits per heavy atom. The van der Waals surface area contributed by atoms with Gasteiger partial charge in [-0.3, -0.25) is 34.2 Å². The van der Waals surface area contributed by atoms with E-state index in [1.54, 1.807) is 24.3 Å². The SMILES string of the molecule is NC(=O)c1ccc(N2CCC(O)(CN3CCC4(CC3)CN(c3ccc5c(c3)C(=O)N(C3CCC(=O)NC3=O)C5=O)C4)CC2)nn1. The number of piperidine rings is 3. The molecular formula is C31H36N8O6. The molecule has 14 nitrogen and oxygen atoms in total. The van der Waals surface area contributed by atoms with Crippen molar-refractivity contribution in [1.29, 1.82) is 0 Å². The smallest absolute Gasteiger partial charge is 0.269 e. The number of amides is 5. The maximum atomic E-state index is 13.2. The first kappa shape index (κ1) is 29.3. The fraction of sp³-hybridized carbons (Fsp3) is 0.516. The molecule has 5 aliphatic rings. The lowest BCUT2D eigenvalue weighted by atomic mass is 9.71. The van der Waals surface area contributed by atoms with Crippen LogP contribution in [0.3, 0.4) is 0 Å². The summed E-state index contributed by atoms with van der Waals surface area (Å²) in [5.74, 6) is -1.94. The van der Waals surface area contributed by atoms with Crippen LogP contribution < -0.4 is 20.9 Å². The average molecular weight is 617 g/mol. The Balaban J connectivity index is 0.907. The highest BCUT2D eigenvalue weighted by Gasteiger charge is 2.48. The number of nitrogens with two attached hydrogens (primary N) is 1. The number of hydrogen-bond acceptors (Lipinski definition) is 11. The molecule has 0 radical (unpaired) electrons. The number of aliphatic hydroxyl groups is 1. The zero-order valence-electron chi connectivity index (χ0n) is 24.9. The number of β-amino-alcohol motifs (C(OH)–C–C–N with tert-alkyl or cyclic N) is 1. The number of carbonyl (C=O) groups is 5. The van der Waals surface area contributed by atoms with E-state index in [9.17, 15) is 29.1 Å². The van der Waals surface area contributed by atoms with Gasteiger partial charge in [-0.25, -0.2) is 0 Å². The highest BCUT2D eigenvalue weighted by molar-refractivity contribution is 6.23. The van der Waals surface area contributed by atoms with E-state index in [4.69, 9.17) is 5.73 Å². The molecule has 0 saturated carbocycles. The van der Waals surface area contributed by atoms with Crippen molar-refractivity contribution in [3.8, 4) is 0 Å². The van der Waals surface area contributed by atoms with Crippen molar-refractivity contribution in [1.82, 2.24) is 25.3 Å². The molecular weight excluding hydrogens is 580 g/mol. The van der Waals surface area contributed by atoms with Crippen LogP contribution in [-0.2, 0) is 9.59 Å². The van der Waals surface area contributed by atoms with E-state index in [0.717, 1.165) is 49.6 Å². The Bertz CT molecular complexity index is 1570. The predicted molar refractivity (Wildman–Crippen MR) is 160 cm³/mol. The number of nitrogens with zero attached hydrogens (tertiary/aromatic N) is 6. The summed E-state index contributed by atoms with van der Waals surface area (Å²) < 4.78 is 0. The van der Waals surface area contributed by atoms with Crippen LogP contribution >= 0.6 is 0 Å². The molecule has 1 aromatic carbocycles. The van der Waals surface area contributed by atoms with Gasteiger partial charge in [0.15, 0.2) is 11.5 Å². The molecule has 1 atom stereocenters. The van der Waals surface area contributed by atoms with Crippen LogP contribution in [0.5, 0.6) is 0 Å². The molecule has 14 heteroatoms. The third kappa shape index (κ3) is 5.31. The molecule has 6 heterocycles. The molecule has 45 heavy (non-hydrogen) atoms. The lowest BCUT2D eigenvalue weighted by molar-refractivity contribution is -0.136. The highest BCUT2D eigenvalue weighted by Crippen LogP contribution is 2.44. The van der Waals surface area contributed by atoms with Gasteiger partial charge in [0.2, 0.25) is 11.8 Å². The van der Waals surface area contributed by atoms with E-state index in [-0.39, 0.29) is 29.5 Å². The van der Waals surface area contributed by atoms with Crippen LogP contribution in [0.4, 0.5) is 11.5 Å². The summed E-state index contributed by atoms with van der Waals surface area (Å²) in [5, 5.41) is 21.6. The molecule has 5 aliphatic heterocycles. The van der Waals surface area contributed by atoms with Gasteiger partial charge in [0.1, 0.15) is 6.04 Å². The van der Waals surface area contributed by atoms with Gasteiger partial charge < -0.3 is 25.5 Å². The summed E-state index contributed by atoms with van der Waals surface area (Å²) in [7, 11) is 0. The van der Waals surface area contributed by atoms with Crippen molar-refractivity contribution in [2.24, 2.45) is 11.1 Å². The number of primary amides is 1. The molecule has 7 rings (SSSR count). The summed E-state index contributed by atoms with van der Waals surface area (Å²) in [6.45, 7) is 5.43. The van der Waals surface area contributed by atoms with Crippen molar-refractivity contribution in [3.63, 3.8) is 0 Å².